The van der Waals surface area contributed by atoms with Crippen LogP contribution >= 0.6 is 0 Å². The number of ether oxygens (including phenoxy) is 1. The zero-order valence-electron chi connectivity index (χ0n) is 15.8. The van der Waals surface area contributed by atoms with Crippen LogP contribution in [0.1, 0.15) is 54.6 Å². The molecule has 2 aliphatic rings. The first-order valence-corrected chi connectivity index (χ1v) is 9.95. The Kier molecular flexibility index (Phi) is 5.60. The van der Waals surface area contributed by atoms with Crippen LogP contribution in [0.5, 0.6) is 5.88 Å². The van der Waals surface area contributed by atoms with E-state index in [0.29, 0.717) is 25.4 Å². The molecule has 2 amide bonds. The molecule has 0 radical (unpaired) electrons. The van der Waals surface area contributed by atoms with E-state index < -0.39 is 6.04 Å². The van der Waals surface area contributed by atoms with Gasteiger partial charge in [0.2, 0.25) is 11.8 Å². The molecule has 0 unspecified atom stereocenters. The lowest BCUT2D eigenvalue weighted by molar-refractivity contribution is -0.125. The average molecular weight is 383 g/mol. The molecule has 0 spiro atoms. The third-order valence-corrected chi connectivity index (χ3v) is 5.43. The predicted octanol–water partition coefficient (Wildman–Crippen LogP) is 2.92. The standard InChI is InChI=1S/C21H25N3O4/c25-19(17-9-4-12-24(17)21(26)18-10-5-13-27-18)23-14-15-6-3-11-22-20(15)28-16-7-1-2-8-16/h3,5-6,10-11,13,16-17H,1-2,4,7-9,12,14H2,(H,23,25)/t17-/m0/s1. The molecule has 28 heavy (non-hydrogen) atoms. The quantitative estimate of drug-likeness (QED) is 0.829. The minimum atomic E-state index is -0.478. The van der Waals surface area contributed by atoms with Crippen molar-refractivity contribution in [1.82, 2.24) is 15.2 Å². The zero-order chi connectivity index (χ0) is 19.3. The molecule has 2 aromatic heterocycles. The zero-order valence-corrected chi connectivity index (χ0v) is 15.8. The predicted molar refractivity (Wildman–Crippen MR) is 102 cm³/mol. The molecule has 4 rings (SSSR count). The van der Waals surface area contributed by atoms with Gasteiger partial charge >= 0.3 is 0 Å². The van der Waals surface area contributed by atoms with E-state index in [-0.39, 0.29) is 23.7 Å². The van der Waals surface area contributed by atoms with Crippen molar-refractivity contribution in [3.8, 4) is 5.88 Å². The van der Waals surface area contributed by atoms with Gasteiger partial charge in [-0.25, -0.2) is 4.98 Å². The first kappa shape index (κ1) is 18.5. The Hall–Kier alpha value is -2.83. The number of rotatable bonds is 6. The van der Waals surface area contributed by atoms with Crippen LogP contribution < -0.4 is 10.1 Å². The topological polar surface area (TPSA) is 84.7 Å². The van der Waals surface area contributed by atoms with Crippen LogP contribution in [-0.4, -0.2) is 40.4 Å². The third-order valence-electron chi connectivity index (χ3n) is 5.43. The largest absolute Gasteiger partial charge is 0.474 e. The Labute approximate surface area is 164 Å². The van der Waals surface area contributed by atoms with Crippen molar-refractivity contribution in [2.75, 3.05) is 6.54 Å². The van der Waals surface area contributed by atoms with Gasteiger partial charge in [0.25, 0.3) is 5.91 Å². The van der Waals surface area contributed by atoms with Gasteiger partial charge in [-0.15, -0.1) is 0 Å². The highest BCUT2D eigenvalue weighted by atomic mass is 16.5. The maximum atomic E-state index is 12.8. The van der Waals surface area contributed by atoms with Crippen LogP contribution in [0.3, 0.4) is 0 Å². The third kappa shape index (κ3) is 4.03. The average Bonchev–Trinajstić information content (AvgIpc) is 3.49. The van der Waals surface area contributed by atoms with Gasteiger partial charge in [-0.05, 0) is 56.7 Å². The molecule has 0 bridgehead atoms. The number of amides is 2. The fourth-order valence-electron chi connectivity index (χ4n) is 3.95. The first-order chi connectivity index (χ1) is 13.7. The Morgan fingerprint density at radius 3 is 2.82 bits per heavy atom. The molecule has 1 aliphatic carbocycles. The van der Waals surface area contributed by atoms with Crippen molar-refractivity contribution in [3.63, 3.8) is 0 Å². The fraction of sp³-hybridized carbons (Fsp3) is 0.476. The minimum Gasteiger partial charge on any atom is -0.474 e. The summed E-state index contributed by atoms with van der Waals surface area (Å²) in [6.07, 6.45) is 9.30. The molecule has 1 atom stereocenters. The summed E-state index contributed by atoms with van der Waals surface area (Å²) in [5.41, 5.74) is 0.852. The van der Waals surface area contributed by atoms with Gasteiger partial charge in [0.1, 0.15) is 12.1 Å². The van der Waals surface area contributed by atoms with Gasteiger partial charge in [0, 0.05) is 24.8 Å². The summed E-state index contributed by atoms with van der Waals surface area (Å²) in [6.45, 7) is 0.883. The molecule has 2 fully saturated rings. The molecular formula is C21H25N3O4. The van der Waals surface area contributed by atoms with Crippen LogP contribution in [0.15, 0.2) is 41.1 Å². The SMILES string of the molecule is O=C(NCc1cccnc1OC1CCCC1)[C@@H]1CCCN1C(=O)c1ccco1. The number of nitrogens with zero attached hydrogens (tertiary/aromatic N) is 2. The van der Waals surface area contributed by atoms with E-state index in [1.807, 2.05) is 12.1 Å². The van der Waals surface area contributed by atoms with Crippen LogP contribution in [0.2, 0.25) is 0 Å². The van der Waals surface area contributed by atoms with Crippen LogP contribution in [-0.2, 0) is 11.3 Å². The summed E-state index contributed by atoms with van der Waals surface area (Å²) in [6, 6.07) is 6.57. The van der Waals surface area contributed by atoms with Gasteiger partial charge in [-0.2, -0.15) is 0 Å². The fourth-order valence-corrected chi connectivity index (χ4v) is 3.95. The number of carbonyl (C=O) groups is 2. The first-order valence-electron chi connectivity index (χ1n) is 9.95. The number of hydrogen-bond donors (Lipinski definition) is 1. The van der Waals surface area contributed by atoms with Crippen molar-refractivity contribution in [2.24, 2.45) is 0 Å². The lowest BCUT2D eigenvalue weighted by atomic mass is 10.2. The van der Waals surface area contributed by atoms with Gasteiger partial charge < -0.3 is 19.4 Å². The highest BCUT2D eigenvalue weighted by molar-refractivity contribution is 5.95. The maximum Gasteiger partial charge on any atom is 0.290 e. The van der Waals surface area contributed by atoms with Gasteiger partial charge in [0.05, 0.1) is 6.26 Å². The van der Waals surface area contributed by atoms with Gasteiger partial charge in [-0.1, -0.05) is 6.07 Å². The molecule has 7 nitrogen and oxygen atoms in total. The van der Waals surface area contributed by atoms with Crippen molar-refractivity contribution in [2.45, 2.75) is 57.2 Å². The van der Waals surface area contributed by atoms with Crippen molar-refractivity contribution < 1.29 is 18.7 Å². The number of pyridine rings is 1. The second-order valence-electron chi connectivity index (χ2n) is 7.34. The Balaban J connectivity index is 1.38. The number of furan rings is 1. The second-order valence-corrected chi connectivity index (χ2v) is 7.34. The molecule has 7 heteroatoms. The Morgan fingerprint density at radius 2 is 2.04 bits per heavy atom. The summed E-state index contributed by atoms with van der Waals surface area (Å²) in [5, 5.41) is 2.95. The van der Waals surface area contributed by atoms with E-state index in [0.717, 1.165) is 24.8 Å². The molecule has 1 saturated carbocycles. The number of aromatic nitrogens is 1. The Morgan fingerprint density at radius 1 is 1.18 bits per heavy atom. The molecular weight excluding hydrogens is 358 g/mol. The molecule has 3 heterocycles. The van der Waals surface area contributed by atoms with Gasteiger partial charge in [-0.3, -0.25) is 9.59 Å². The number of hydrogen-bond acceptors (Lipinski definition) is 5. The van der Waals surface area contributed by atoms with Crippen LogP contribution in [0.25, 0.3) is 0 Å². The number of nitrogens with one attached hydrogen (secondary N) is 1. The molecule has 148 valence electrons. The molecule has 1 aliphatic heterocycles. The van der Waals surface area contributed by atoms with E-state index >= 15 is 0 Å². The normalized spacial score (nSPS) is 19.7. The van der Waals surface area contributed by atoms with Crippen molar-refractivity contribution in [1.29, 1.82) is 0 Å². The van der Waals surface area contributed by atoms with Crippen LogP contribution in [0.4, 0.5) is 0 Å². The van der Waals surface area contributed by atoms with E-state index in [1.165, 1.54) is 19.1 Å². The monoisotopic (exact) mass is 383 g/mol. The highest BCUT2D eigenvalue weighted by Crippen LogP contribution is 2.25. The summed E-state index contributed by atoms with van der Waals surface area (Å²) in [5.74, 6) is 0.450. The number of likely N-dealkylation sites (tertiary alicyclic amines) is 1. The van der Waals surface area contributed by atoms with E-state index in [1.54, 1.807) is 23.2 Å². The molecule has 0 aromatic carbocycles. The van der Waals surface area contributed by atoms with Crippen LogP contribution in [0, 0.1) is 0 Å². The van der Waals surface area contributed by atoms with Gasteiger partial charge in [0.15, 0.2) is 5.76 Å². The summed E-state index contributed by atoms with van der Waals surface area (Å²) in [7, 11) is 0. The summed E-state index contributed by atoms with van der Waals surface area (Å²) in [4.78, 5) is 31.3. The van der Waals surface area contributed by atoms with E-state index in [9.17, 15) is 9.59 Å². The molecule has 1 N–H and O–H groups in total. The van der Waals surface area contributed by atoms with Crippen molar-refractivity contribution in [3.05, 3.63) is 48.0 Å². The summed E-state index contributed by atoms with van der Waals surface area (Å²) < 4.78 is 11.2. The van der Waals surface area contributed by atoms with E-state index in [2.05, 4.69) is 10.3 Å². The highest BCUT2D eigenvalue weighted by Gasteiger charge is 2.35. The number of carbonyl (C=O) groups excluding carboxylic acids is 2. The van der Waals surface area contributed by atoms with Crippen molar-refractivity contribution >= 4 is 11.8 Å². The second kappa shape index (κ2) is 8.46. The minimum absolute atomic E-state index is 0.159. The lowest BCUT2D eigenvalue weighted by Crippen LogP contribution is -2.45. The molecule has 1 saturated heterocycles. The molecule has 2 aromatic rings. The maximum absolute atomic E-state index is 12.8. The van der Waals surface area contributed by atoms with E-state index in [4.69, 9.17) is 9.15 Å². The Bertz CT molecular complexity index is 815. The smallest absolute Gasteiger partial charge is 0.290 e. The summed E-state index contributed by atoms with van der Waals surface area (Å²) >= 11 is 0. The lowest BCUT2D eigenvalue weighted by Gasteiger charge is -2.23.